The van der Waals surface area contributed by atoms with E-state index in [1.165, 1.54) is 76.2 Å². The lowest BCUT2D eigenvalue weighted by atomic mass is 10.0. The van der Waals surface area contributed by atoms with Crippen LogP contribution in [0.3, 0.4) is 0 Å². The van der Waals surface area contributed by atoms with Gasteiger partial charge in [0.2, 0.25) is 0 Å². The molecule has 1 aromatic rings. The molecule has 2 N–H and O–H groups in total. The van der Waals surface area contributed by atoms with Crippen LogP contribution >= 0.6 is 0 Å². The van der Waals surface area contributed by atoms with Crippen molar-refractivity contribution in [2.45, 2.75) is 90.1 Å². The molecule has 154 valence electrons. The number of benzene rings is 1. The smallest absolute Gasteiger partial charge is 0.119 e. The van der Waals surface area contributed by atoms with E-state index >= 15 is 0 Å². The zero-order chi connectivity index (χ0) is 19.6. The average Bonchev–Trinajstić information content (AvgIpc) is 2.70. The standard InChI is InChI=1S/C24H40O3/c1-2-3-4-5-6-7-8-9-10-11-12-13-14-16-22-17-15-18-24(19-22)27-21-23(26)20-25/h7-8,15,17-19,23,25-26H,2-6,9-14,16,20-21H2,1H3/b8-7+. The molecule has 1 atom stereocenters. The van der Waals surface area contributed by atoms with Gasteiger partial charge >= 0.3 is 0 Å². The third-order valence-electron chi connectivity index (χ3n) is 4.78. The van der Waals surface area contributed by atoms with Gasteiger partial charge in [-0.3, -0.25) is 0 Å². The molecule has 0 saturated heterocycles. The summed E-state index contributed by atoms with van der Waals surface area (Å²) >= 11 is 0. The Morgan fingerprint density at radius 2 is 1.59 bits per heavy atom. The van der Waals surface area contributed by atoms with Gasteiger partial charge in [0, 0.05) is 0 Å². The van der Waals surface area contributed by atoms with Crippen LogP contribution in [0.5, 0.6) is 5.75 Å². The van der Waals surface area contributed by atoms with E-state index in [1.807, 2.05) is 18.2 Å². The number of aliphatic hydroxyl groups is 2. The molecule has 27 heavy (non-hydrogen) atoms. The summed E-state index contributed by atoms with van der Waals surface area (Å²) < 4.78 is 5.50. The fraction of sp³-hybridized carbons (Fsp3) is 0.667. The molecule has 0 aliphatic carbocycles. The Morgan fingerprint density at radius 1 is 0.926 bits per heavy atom. The van der Waals surface area contributed by atoms with Gasteiger partial charge in [-0.05, 0) is 56.2 Å². The Labute approximate surface area is 166 Å². The maximum atomic E-state index is 9.34. The van der Waals surface area contributed by atoms with Crippen molar-refractivity contribution in [3.8, 4) is 5.75 Å². The summed E-state index contributed by atoms with van der Waals surface area (Å²) in [5.41, 5.74) is 1.27. The van der Waals surface area contributed by atoms with Crippen LogP contribution in [0.2, 0.25) is 0 Å². The summed E-state index contributed by atoms with van der Waals surface area (Å²) in [5, 5.41) is 18.2. The second-order valence-corrected chi connectivity index (χ2v) is 7.42. The van der Waals surface area contributed by atoms with E-state index in [1.54, 1.807) is 0 Å². The van der Waals surface area contributed by atoms with Crippen molar-refractivity contribution in [1.82, 2.24) is 0 Å². The minimum Gasteiger partial charge on any atom is -0.491 e. The van der Waals surface area contributed by atoms with Gasteiger partial charge in [-0.15, -0.1) is 0 Å². The van der Waals surface area contributed by atoms with E-state index in [-0.39, 0.29) is 13.2 Å². The first-order valence-corrected chi connectivity index (χ1v) is 10.9. The van der Waals surface area contributed by atoms with Crippen molar-refractivity contribution < 1.29 is 14.9 Å². The highest BCUT2D eigenvalue weighted by Crippen LogP contribution is 2.16. The molecule has 0 bridgehead atoms. The van der Waals surface area contributed by atoms with Crippen LogP contribution in [0.1, 0.15) is 83.1 Å². The van der Waals surface area contributed by atoms with E-state index in [4.69, 9.17) is 9.84 Å². The number of hydrogen-bond acceptors (Lipinski definition) is 3. The topological polar surface area (TPSA) is 49.7 Å². The normalized spacial score (nSPS) is 12.6. The molecule has 1 unspecified atom stereocenters. The van der Waals surface area contributed by atoms with Gasteiger partial charge < -0.3 is 14.9 Å². The van der Waals surface area contributed by atoms with Crippen LogP contribution in [0.4, 0.5) is 0 Å². The molecule has 1 rings (SSSR count). The van der Waals surface area contributed by atoms with E-state index in [2.05, 4.69) is 25.1 Å². The van der Waals surface area contributed by atoms with E-state index in [0.29, 0.717) is 0 Å². The SMILES string of the molecule is CCCCCC/C=C/CCCCCCCc1cccc(OCC(O)CO)c1. The molecule has 0 amide bonds. The third-order valence-corrected chi connectivity index (χ3v) is 4.78. The van der Waals surface area contributed by atoms with E-state index < -0.39 is 6.10 Å². The highest BCUT2D eigenvalue weighted by Gasteiger charge is 2.03. The number of aryl methyl sites for hydroxylation is 1. The first-order chi connectivity index (χ1) is 13.3. The number of allylic oxidation sites excluding steroid dienone is 2. The van der Waals surface area contributed by atoms with Crippen LogP contribution in [0, 0.1) is 0 Å². The average molecular weight is 377 g/mol. The largest absolute Gasteiger partial charge is 0.491 e. The Bertz CT molecular complexity index is 484. The Hall–Kier alpha value is -1.32. The molecule has 0 aliphatic heterocycles. The fourth-order valence-corrected chi connectivity index (χ4v) is 3.08. The number of aliphatic hydroxyl groups excluding tert-OH is 2. The monoisotopic (exact) mass is 376 g/mol. The molecule has 0 fully saturated rings. The summed E-state index contributed by atoms with van der Waals surface area (Å²) in [7, 11) is 0. The molecule has 3 nitrogen and oxygen atoms in total. The number of ether oxygens (including phenoxy) is 1. The van der Waals surface area contributed by atoms with Crippen LogP contribution in [-0.4, -0.2) is 29.5 Å². The van der Waals surface area contributed by atoms with Crippen LogP contribution in [-0.2, 0) is 6.42 Å². The summed E-state index contributed by atoms with van der Waals surface area (Å²) in [6.07, 6.45) is 19.3. The minimum absolute atomic E-state index is 0.132. The summed E-state index contributed by atoms with van der Waals surface area (Å²) in [5.74, 6) is 0.765. The van der Waals surface area contributed by atoms with Crippen molar-refractivity contribution in [2.75, 3.05) is 13.2 Å². The molecular weight excluding hydrogens is 336 g/mol. The van der Waals surface area contributed by atoms with Gasteiger partial charge in [-0.1, -0.05) is 69.7 Å². The van der Waals surface area contributed by atoms with Crippen LogP contribution < -0.4 is 4.74 Å². The van der Waals surface area contributed by atoms with Crippen LogP contribution in [0.15, 0.2) is 36.4 Å². The van der Waals surface area contributed by atoms with Crippen LogP contribution in [0.25, 0.3) is 0 Å². The highest BCUT2D eigenvalue weighted by atomic mass is 16.5. The molecule has 0 heterocycles. The van der Waals surface area contributed by atoms with Crippen molar-refractivity contribution >= 4 is 0 Å². The quantitative estimate of drug-likeness (QED) is 0.266. The zero-order valence-corrected chi connectivity index (χ0v) is 17.2. The lowest BCUT2D eigenvalue weighted by molar-refractivity contribution is 0.0536. The molecule has 1 aromatic carbocycles. The van der Waals surface area contributed by atoms with Gasteiger partial charge in [0.15, 0.2) is 0 Å². The second-order valence-electron chi connectivity index (χ2n) is 7.42. The zero-order valence-electron chi connectivity index (χ0n) is 17.2. The fourth-order valence-electron chi connectivity index (χ4n) is 3.08. The molecular formula is C24H40O3. The van der Waals surface area contributed by atoms with Gasteiger partial charge in [0.05, 0.1) is 6.61 Å². The Morgan fingerprint density at radius 3 is 2.30 bits per heavy atom. The lowest BCUT2D eigenvalue weighted by Gasteiger charge is -2.11. The van der Waals surface area contributed by atoms with Gasteiger partial charge in [-0.25, -0.2) is 0 Å². The van der Waals surface area contributed by atoms with Crippen molar-refractivity contribution in [2.24, 2.45) is 0 Å². The van der Waals surface area contributed by atoms with Crippen molar-refractivity contribution in [1.29, 1.82) is 0 Å². The van der Waals surface area contributed by atoms with E-state index in [9.17, 15) is 5.11 Å². The predicted octanol–water partition coefficient (Wildman–Crippen LogP) is 5.83. The second kappa shape index (κ2) is 16.8. The van der Waals surface area contributed by atoms with Crippen molar-refractivity contribution in [3.05, 3.63) is 42.0 Å². The van der Waals surface area contributed by atoms with Gasteiger partial charge in [-0.2, -0.15) is 0 Å². The molecule has 0 saturated carbocycles. The minimum atomic E-state index is -0.815. The number of unbranched alkanes of at least 4 members (excludes halogenated alkanes) is 9. The maximum absolute atomic E-state index is 9.34. The Kier molecular flexibility index (Phi) is 14.8. The molecule has 0 aromatic heterocycles. The first kappa shape index (κ1) is 23.7. The number of hydrogen-bond donors (Lipinski definition) is 2. The van der Waals surface area contributed by atoms with Gasteiger partial charge in [0.25, 0.3) is 0 Å². The molecule has 0 spiro atoms. The number of rotatable bonds is 17. The Balaban J connectivity index is 2.01. The summed E-state index contributed by atoms with van der Waals surface area (Å²) in [6, 6.07) is 8.05. The predicted molar refractivity (Wildman–Crippen MR) is 114 cm³/mol. The third kappa shape index (κ3) is 13.5. The molecule has 0 radical (unpaired) electrons. The highest BCUT2D eigenvalue weighted by molar-refractivity contribution is 5.28. The first-order valence-electron chi connectivity index (χ1n) is 10.9. The summed E-state index contributed by atoms with van der Waals surface area (Å²) in [6.45, 7) is 2.12. The van der Waals surface area contributed by atoms with Crippen molar-refractivity contribution in [3.63, 3.8) is 0 Å². The lowest BCUT2D eigenvalue weighted by Crippen LogP contribution is -2.21. The van der Waals surface area contributed by atoms with E-state index in [0.717, 1.165) is 12.2 Å². The molecule has 0 aliphatic rings. The summed E-state index contributed by atoms with van der Waals surface area (Å²) in [4.78, 5) is 0. The van der Waals surface area contributed by atoms with Gasteiger partial charge in [0.1, 0.15) is 18.5 Å². The molecule has 3 heteroatoms. The maximum Gasteiger partial charge on any atom is 0.119 e.